The van der Waals surface area contributed by atoms with Crippen molar-refractivity contribution in [3.63, 3.8) is 0 Å². The number of nitrogens with zero attached hydrogens (tertiary/aromatic N) is 5. The largest absolute Gasteiger partial charge is 0.474 e. The van der Waals surface area contributed by atoms with Crippen molar-refractivity contribution in [1.29, 1.82) is 5.26 Å². The summed E-state index contributed by atoms with van der Waals surface area (Å²) in [7, 11) is 0. The zero-order valence-electron chi connectivity index (χ0n) is 21.4. The maximum Gasteiger partial charge on any atom is 0.264 e. The SMILES string of the molecule is N#CC(=CCN1CC(F)C1)C(=O)N1CCC(Oc2ncnc(N)c2-c2ccc(Oc3ccccc3)cc2)CC1. The number of carbonyl (C=O) groups is 1. The van der Waals surface area contributed by atoms with Crippen LogP contribution in [0.1, 0.15) is 12.8 Å². The normalized spacial score (nSPS) is 16.8. The summed E-state index contributed by atoms with van der Waals surface area (Å²) in [4.78, 5) is 24.9. The second-order valence-electron chi connectivity index (χ2n) is 9.53. The number of likely N-dealkylation sites (tertiary alicyclic amines) is 2. The standard InChI is InChI=1S/C29H29FN6O3/c30-22-17-35(18-22)13-10-21(16-31)29(37)36-14-11-25(12-15-36)39-28-26(27(32)33-19-34-28)20-6-8-24(9-7-20)38-23-4-2-1-3-5-23/h1-10,19,22,25H,11-15,17-18H2,(H2,32,33,34). The molecule has 0 atom stereocenters. The Bertz CT molecular complexity index is 1360. The first-order valence-electron chi connectivity index (χ1n) is 12.9. The zero-order chi connectivity index (χ0) is 27.2. The number of ether oxygens (including phenoxy) is 2. The van der Waals surface area contributed by atoms with Crippen LogP contribution in [-0.4, -0.2) is 70.7 Å². The summed E-state index contributed by atoms with van der Waals surface area (Å²) in [6, 6.07) is 19.0. The van der Waals surface area contributed by atoms with E-state index in [0.717, 1.165) is 11.3 Å². The van der Waals surface area contributed by atoms with Gasteiger partial charge < -0.3 is 20.1 Å². The summed E-state index contributed by atoms with van der Waals surface area (Å²) in [6.07, 6.45) is 3.11. The van der Waals surface area contributed by atoms with Crippen LogP contribution in [0.5, 0.6) is 17.4 Å². The van der Waals surface area contributed by atoms with Crippen LogP contribution in [0.25, 0.3) is 11.1 Å². The molecule has 0 spiro atoms. The number of para-hydroxylation sites is 1. The van der Waals surface area contributed by atoms with Crippen molar-refractivity contribution in [2.24, 2.45) is 0 Å². The van der Waals surface area contributed by atoms with Gasteiger partial charge in [0.2, 0.25) is 5.88 Å². The Morgan fingerprint density at radius 3 is 2.44 bits per heavy atom. The van der Waals surface area contributed by atoms with Gasteiger partial charge in [0.15, 0.2) is 0 Å². The van der Waals surface area contributed by atoms with Crippen LogP contribution in [0.15, 0.2) is 72.6 Å². The quantitative estimate of drug-likeness (QED) is 0.345. The fourth-order valence-electron chi connectivity index (χ4n) is 4.62. The van der Waals surface area contributed by atoms with Crippen LogP contribution in [0.3, 0.4) is 0 Å². The number of nitrogens with two attached hydrogens (primary N) is 1. The number of nitrogen functional groups attached to an aromatic ring is 1. The van der Waals surface area contributed by atoms with Crippen LogP contribution in [-0.2, 0) is 4.79 Å². The second-order valence-corrected chi connectivity index (χ2v) is 9.53. The lowest BCUT2D eigenvalue weighted by Crippen LogP contribution is -2.48. The van der Waals surface area contributed by atoms with E-state index in [-0.39, 0.29) is 17.6 Å². The number of aromatic nitrogens is 2. The number of carbonyl (C=O) groups excluding carboxylic acids is 1. The summed E-state index contributed by atoms with van der Waals surface area (Å²) in [5.41, 5.74) is 7.70. The Hall–Kier alpha value is -4.49. The number of alkyl halides is 1. The Morgan fingerprint density at radius 1 is 1.08 bits per heavy atom. The molecule has 2 fully saturated rings. The highest BCUT2D eigenvalue weighted by atomic mass is 19.1. The van der Waals surface area contributed by atoms with Crippen molar-refractivity contribution in [1.82, 2.24) is 19.8 Å². The third kappa shape index (κ3) is 6.33. The van der Waals surface area contributed by atoms with Crippen LogP contribution in [0.2, 0.25) is 0 Å². The summed E-state index contributed by atoms with van der Waals surface area (Å²) < 4.78 is 25.1. The van der Waals surface area contributed by atoms with E-state index in [1.807, 2.05) is 65.6 Å². The molecule has 2 aliphatic rings. The van der Waals surface area contributed by atoms with Gasteiger partial charge in [-0.15, -0.1) is 0 Å². The van der Waals surface area contributed by atoms with Gasteiger partial charge in [-0.25, -0.2) is 14.4 Å². The average molecular weight is 529 g/mol. The van der Waals surface area contributed by atoms with Crippen molar-refractivity contribution < 1.29 is 18.7 Å². The molecule has 10 heteroatoms. The van der Waals surface area contributed by atoms with Crippen LogP contribution in [0, 0.1) is 11.3 Å². The summed E-state index contributed by atoms with van der Waals surface area (Å²) >= 11 is 0. The van der Waals surface area contributed by atoms with Crippen LogP contribution >= 0.6 is 0 Å². The van der Waals surface area contributed by atoms with E-state index in [0.29, 0.717) is 68.6 Å². The smallest absolute Gasteiger partial charge is 0.264 e. The van der Waals surface area contributed by atoms with Crippen LogP contribution < -0.4 is 15.2 Å². The van der Waals surface area contributed by atoms with Gasteiger partial charge in [0, 0.05) is 45.6 Å². The van der Waals surface area contributed by atoms with Gasteiger partial charge >= 0.3 is 0 Å². The fraction of sp³-hybridized carbons (Fsp3) is 0.310. The molecule has 2 saturated heterocycles. The highest BCUT2D eigenvalue weighted by molar-refractivity contribution is 5.97. The Labute approximate surface area is 226 Å². The number of rotatable bonds is 8. The molecule has 1 amide bonds. The van der Waals surface area contributed by atoms with E-state index >= 15 is 0 Å². The Morgan fingerprint density at radius 2 is 1.77 bits per heavy atom. The minimum Gasteiger partial charge on any atom is -0.474 e. The number of hydrogen-bond acceptors (Lipinski definition) is 8. The Balaban J connectivity index is 1.21. The van der Waals surface area contributed by atoms with E-state index in [1.54, 1.807) is 11.0 Å². The van der Waals surface area contributed by atoms with Crippen molar-refractivity contribution in [3.8, 4) is 34.6 Å². The number of amides is 1. The van der Waals surface area contributed by atoms with Gasteiger partial charge in [-0.1, -0.05) is 30.3 Å². The number of benzene rings is 2. The monoisotopic (exact) mass is 528 g/mol. The molecule has 3 heterocycles. The van der Waals surface area contributed by atoms with E-state index in [9.17, 15) is 14.4 Å². The van der Waals surface area contributed by atoms with E-state index in [1.165, 1.54) is 6.33 Å². The lowest BCUT2D eigenvalue weighted by atomic mass is 10.1. The van der Waals surface area contributed by atoms with E-state index < -0.39 is 6.17 Å². The van der Waals surface area contributed by atoms with Gasteiger partial charge in [-0.2, -0.15) is 5.26 Å². The van der Waals surface area contributed by atoms with Gasteiger partial charge in [0.05, 0.1) is 5.56 Å². The van der Waals surface area contributed by atoms with Gasteiger partial charge in [-0.05, 0) is 35.9 Å². The summed E-state index contributed by atoms with van der Waals surface area (Å²) in [6.45, 7) is 1.97. The predicted molar refractivity (Wildman–Crippen MR) is 144 cm³/mol. The predicted octanol–water partition coefficient (Wildman–Crippen LogP) is 3.99. The fourth-order valence-corrected chi connectivity index (χ4v) is 4.62. The van der Waals surface area contributed by atoms with Crippen molar-refractivity contribution >= 4 is 11.7 Å². The molecule has 9 nitrogen and oxygen atoms in total. The minimum atomic E-state index is -0.822. The van der Waals surface area contributed by atoms with Gasteiger partial charge in [0.1, 0.15) is 47.6 Å². The van der Waals surface area contributed by atoms with Gasteiger partial charge in [-0.3, -0.25) is 9.69 Å². The lowest BCUT2D eigenvalue weighted by Gasteiger charge is -2.34. The van der Waals surface area contributed by atoms with Crippen molar-refractivity contribution in [3.05, 3.63) is 72.6 Å². The number of piperidine rings is 1. The molecule has 0 saturated carbocycles. The molecular formula is C29H29FN6O3. The molecule has 2 aromatic carbocycles. The second kappa shape index (κ2) is 11.9. The van der Waals surface area contributed by atoms with E-state index in [2.05, 4.69) is 9.97 Å². The first kappa shape index (κ1) is 26.1. The lowest BCUT2D eigenvalue weighted by molar-refractivity contribution is -0.128. The first-order valence-corrected chi connectivity index (χ1v) is 12.9. The van der Waals surface area contributed by atoms with Crippen LogP contribution in [0.4, 0.5) is 10.2 Å². The summed E-state index contributed by atoms with van der Waals surface area (Å²) in [5.74, 6) is 1.79. The average Bonchev–Trinajstić information content (AvgIpc) is 2.94. The molecule has 2 aliphatic heterocycles. The zero-order valence-corrected chi connectivity index (χ0v) is 21.4. The molecule has 0 radical (unpaired) electrons. The molecule has 0 unspecified atom stereocenters. The molecule has 3 aromatic rings. The number of hydrogen-bond donors (Lipinski definition) is 1. The third-order valence-corrected chi connectivity index (χ3v) is 6.79. The van der Waals surface area contributed by atoms with Crippen molar-refractivity contribution in [2.75, 3.05) is 38.5 Å². The highest BCUT2D eigenvalue weighted by Crippen LogP contribution is 2.35. The number of nitriles is 1. The maximum atomic E-state index is 13.0. The van der Waals surface area contributed by atoms with E-state index in [4.69, 9.17) is 15.2 Å². The molecule has 0 aliphatic carbocycles. The molecule has 200 valence electrons. The molecular weight excluding hydrogens is 499 g/mol. The number of halogens is 1. The maximum absolute atomic E-state index is 13.0. The third-order valence-electron chi connectivity index (χ3n) is 6.79. The molecule has 39 heavy (non-hydrogen) atoms. The molecule has 2 N–H and O–H groups in total. The first-order chi connectivity index (χ1) is 19.0. The van der Waals surface area contributed by atoms with Gasteiger partial charge in [0.25, 0.3) is 5.91 Å². The molecule has 5 rings (SSSR count). The highest BCUT2D eigenvalue weighted by Gasteiger charge is 2.29. The topological polar surface area (TPSA) is 118 Å². The number of anilines is 1. The van der Waals surface area contributed by atoms with Crippen molar-refractivity contribution in [2.45, 2.75) is 25.1 Å². The molecule has 1 aromatic heterocycles. The minimum absolute atomic E-state index is 0.0854. The Kier molecular flexibility index (Phi) is 7.99. The summed E-state index contributed by atoms with van der Waals surface area (Å²) in [5, 5.41) is 9.47. The molecule has 0 bridgehead atoms.